The zero-order chi connectivity index (χ0) is 46.1. The molecule has 3 aromatic heterocycles. The van der Waals surface area contributed by atoms with E-state index < -0.39 is 0 Å². The third-order valence-corrected chi connectivity index (χ3v) is 17.3. The van der Waals surface area contributed by atoms with E-state index in [0.29, 0.717) is 0 Å². The highest BCUT2D eigenvalue weighted by atomic mass is 16.3. The van der Waals surface area contributed by atoms with Gasteiger partial charge in [-0.05, 0) is 145 Å². The quantitative estimate of drug-likeness (QED) is 0.154. The van der Waals surface area contributed by atoms with Gasteiger partial charge >= 0.3 is 6.85 Å². The fraction of sp³-hybridized carbons (Fsp3) is 0.238. The summed E-state index contributed by atoms with van der Waals surface area (Å²) in [5.74, 6) is 0. The van der Waals surface area contributed by atoms with Crippen molar-refractivity contribution in [2.24, 2.45) is 0 Å². The van der Waals surface area contributed by atoms with Crippen LogP contribution in [0.3, 0.4) is 0 Å². The lowest BCUT2D eigenvalue weighted by Gasteiger charge is -2.43. The predicted molar refractivity (Wildman–Crippen MR) is 286 cm³/mol. The fourth-order valence-electron chi connectivity index (χ4n) is 13.8. The molecule has 15 rings (SSSR count). The minimum atomic E-state index is -0.283. The Bertz CT molecular complexity index is 4110. The van der Waals surface area contributed by atoms with E-state index in [1.807, 2.05) is 0 Å². The molecule has 8 aromatic carbocycles. The molecule has 2 aliphatic carbocycles. The van der Waals surface area contributed by atoms with Gasteiger partial charge in [0.05, 0.1) is 11.0 Å². The highest BCUT2D eigenvalue weighted by molar-refractivity contribution is 6.94. The molecule has 0 N–H and O–H groups in total. The van der Waals surface area contributed by atoms with Crippen LogP contribution in [0.4, 0.5) is 11.4 Å². The Labute approximate surface area is 397 Å². The fourth-order valence-corrected chi connectivity index (χ4v) is 13.8. The van der Waals surface area contributed by atoms with Crippen molar-refractivity contribution in [1.82, 2.24) is 4.57 Å². The van der Waals surface area contributed by atoms with Crippen molar-refractivity contribution in [2.45, 2.75) is 96.8 Å². The standard InChI is InChI=1S/C63H53BN2O2/c1-60(2,3)34-22-24-35(25-23-34)66-48-29-39-36-16-11-14-20-50(36)67-52(39)31-42(48)55-54-38-18-10-13-19-43(38)63(8,9)57(54)56-41-28-44-45(62(6,7)27-26-61(44,4)5)32-47(41)65-49-30-40-37-17-12-15-21-51(37)68-53(40)33-46(49)64(66)58(55)59(56)65/h10-25,28-33H,26-27H2,1-9H3. The molecule has 0 amide bonds. The topological polar surface area (TPSA) is 34.5 Å². The summed E-state index contributed by atoms with van der Waals surface area (Å²) in [5, 5.41) is 7.30. The van der Waals surface area contributed by atoms with Crippen molar-refractivity contribution in [3.05, 3.63) is 161 Å². The number of rotatable bonds is 1. The Morgan fingerprint density at radius 1 is 0.529 bits per heavy atom. The molecule has 0 radical (unpaired) electrons. The molecule has 0 fully saturated rings. The van der Waals surface area contributed by atoms with E-state index in [0.717, 1.165) is 62.4 Å². The molecule has 5 heteroatoms. The number of fused-ring (bicyclic) bond motifs is 20. The molecule has 68 heavy (non-hydrogen) atoms. The van der Waals surface area contributed by atoms with Crippen LogP contribution in [0.2, 0.25) is 0 Å². The van der Waals surface area contributed by atoms with Crippen LogP contribution in [0.25, 0.3) is 93.6 Å². The van der Waals surface area contributed by atoms with Gasteiger partial charge in [-0.1, -0.05) is 135 Å². The second kappa shape index (κ2) is 12.4. The van der Waals surface area contributed by atoms with E-state index in [2.05, 4.69) is 205 Å². The van der Waals surface area contributed by atoms with Crippen molar-refractivity contribution in [2.75, 3.05) is 4.81 Å². The van der Waals surface area contributed by atoms with Gasteiger partial charge < -0.3 is 18.2 Å². The summed E-state index contributed by atoms with van der Waals surface area (Å²) < 4.78 is 16.4. The van der Waals surface area contributed by atoms with Crippen LogP contribution >= 0.6 is 0 Å². The lowest BCUT2D eigenvalue weighted by Crippen LogP contribution is -2.60. The van der Waals surface area contributed by atoms with Crippen molar-refractivity contribution in [1.29, 1.82) is 0 Å². The van der Waals surface area contributed by atoms with Gasteiger partial charge in [-0.2, -0.15) is 0 Å². The number of furan rings is 2. The molecule has 0 spiro atoms. The molecule has 11 aromatic rings. The van der Waals surface area contributed by atoms with E-state index in [9.17, 15) is 0 Å². The summed E-state index contributed by atoms with van der Waals surface area (Å²) >= 11 is 0. The highest BCUT2D eigenvalue weighted by Crippen LogP contribution is 2.60. The number of aromatic nitrogens is 1. The Morgan fingerprint density at radius 2 is 1.13 bits per heavy atom. The van der Waals surface area contributed by atoms with Gasteiger partial charge in [0.1, 0.15) is 22.3 Å². The molecule has 4 aliphatic rings. The maximum absolute atomic E-state index is 6.88. The Morgan fingerprint density at radius 3 is 1.81 bits per heavy atom. The Hall–Kier alpha value is -6.98. The van der Waals surface area contributed by atoms with Gasteiger partial charge in [0.15, 0.2) is 0 Å². The molecule has 2 aliphatic heterocycles. The van der Waals surface area contributed by atoms with Crippen molar-refractivity contribution < 1.29 is 8.83 Å². The van der Waals surface area contributed by atoms with Gasteiger partial charge in [0.25, 0.3) is 0 Å². The van der Waals surface area contributed by atoms with Gasteiger partial charge in [-0.15, -0.1) is 0 Å². The number of nitrogens with zero attached hydrogens (tertiary/aromatic N) is 2. The molecular weight excluding hydrogens is 828 g/mol. The average molecular weight is 881 g/mol. The normalized spacial score (nSPS) is 17.1. The van der Waals surface area contributed by atoms with Crippen LogP contribution in [-0.4, -0.2) is 11.4 Å². The smallest absolute Gasteiger partial charge is 0.333 e. The maximum atomic E-state index is 6.88. The van der Waals surface area contributed by atoms with Gasteiger partial charge in [0, 0.05) is 60.4 Å². The van der Waals surface area contributed by atoms with Gasteiger partial charge in [-0.3, -0.25) is 0 Å². The average Bonchev–Trinajstić information content (AvgIpc) is 4.04. The molecule has 0 saturated carbocycles. The summed E-state index contributed by atoms with van der Waals surface area (Å²) in [6.07, 6.45) is 2.32. The van der Waals surface area contributed by atoms with Crippen molar-refractivity contribution >= 4 is 94.8 Å². The third kappa shape index (κ3) is 4.73. The largest absolute Gasteiger partial charge is 0.456 e. The number of benzene rings is 8. The van der Waals surface area contributed by atoms with Crippen molar-refractivity contribution in [3.63, 3.8) is 0 Å². The number of anilines is 2. The van der Waals surface area contributed by atoms with Crippen LogP contribution in [0, 0.1) is 0 Å². The lowest BCUT2D eigenvalue weighted by atomic mass is 9.43. The summed E-state index contributed by atoms with van der Waals surface area (Å²) in [6, 6.07) is 50.8. The van der Waals surface area contributed by atoms with E-state index in [1.165, 1.54) is 94.2 Å². The SMILES string of the molecule is CC(C)(C)c1ccc(N2B3c4cc5oc6ccccc6c5cc4-n4c5cc6c(cc5c5c7c(c(c3c54)-c3cc4oc5ccccc5c4cc32)-c2ccccc2C7(C)C)C(C)(C)CCC6(C)C)cc1. The van der Waals surface area contributed by atoms with E-state index in [-0.39, 0.29) is 28.5 Å². The lowest BCUT2D eigenvalue weighted by molar-refractivity contribution is 0.332. The van der Waals surface area contributed by atoms with Gasteiger partial charge in [0.2, 0.25) is 0 Å². The summed E-state index contributed by atoms with van der Waals surface area (Å²) in [6.45, 7) is 21.6. The summed E-state index contributed by atoms with van der Waals surface area (Å²) in [5.41, 5.74) is 24.6. The number of hydrogen-bond donors (Lipinski definition) is 0. The zero-order valence-corrected chi connectivity index (χ0v) is 40.4. The molecule has 5 heterocycles. The number of hydrogen-bond acceptors (Lipinski definition) is 3. The molecule has 0 bridgehead atoms. The summed E-state index contributed by atoms with van der Waals surface area (Å²) in [4.78, 5) is 2.68. The van der Waals surface area contributed by atoms with Crippen LogP contribution in [-0.2, 0) is 21.7 Å². The van der Waals surface area contributed by atoms with E-state index in [1.54, 1.807) is 0 Å². The molecule has 0 saturated heterocycles. The molecule has 330 valence electrons. The molecule has 0 atom stereocenters. The van der Waals surface area contributed by atoms with E-state index >= 15 is 0 Å². The van der Waals surface area contributed by atoms with Crippen LogP contribution < -0.4 is 15.7 Å². The molecule has 0 unspecified atom stereocenters. The summed E-state index contributed by atoms with van der Waals surface area (Å²) in [7, 11) is 0. The first kappa shape index (κ1) is 39.1. The highest BCUT2D eigenvalue weighted by Gasteiger charge is 2.51. The van der Waals surface area contributed by atoms with Crippen molar-refractivity contribution in [3.8, 4) is 27.9 Å². The first-order valence-electron chi connectivity index (χ1n) is 24.7. The van der Waals surface area contributed by atoms with Crippen LogP contribution in [0.15, 0.2) is 142 Å². The maximum Gasteiger partial charge on any atom is 0.333 e. The zero-order valence-electron chi connectivity index (χ0n) is 40.4. The Balaban J connectivity index is 1.21. The molecule has 4 nitrogen and oxygen atoms in total. The second-order valence-corrected chi connectivity index (χ2v) is 23.5. The first-order chi connectivity index (χ1) is 32.6. The monoisotopic (exact) mass is 880 g/mol. The minimum Gasteiger partial charge on any atom is -0.456 e. The minimum absolute atomic E-state index is 0.00723. The van der Waals surface area contributed by atoms with E-state index in [4.69, 9.17) is 8.83 Å². The van der Waals surface area contributed by atoms with Crippen LogP contribution in [0.1, 0.15) is 103 Å². The third-order valence-electron chi connectivity index (χ3n) is 17.3. The second-order valence-electron chi connectivity index (χ2n) is 23.5. The van der Waals surface area contributed by atoms with Crippen LogP contribution in [0.5, 0.6) is 0 Å². The van der Waals surface area contributed by atoms with Gasteiger partial charge in [-0.25, -0.2) is 0 Å². The number of para-hydroxylation sites is 2. The first-order valence-corrected chi connectivity index (χ1v) is 24.7. The Kier molecular flexibility index (Phi) is 7.11. The predicted octanol–water partition coefficient (Wildman–Crippen LogP) is 15.8. The molecular formula is C63H53BN2O2.